The van der Waals surface area contributed by atoms with Crippen LogP contribution in [-0.2, 0) is 0 Å². The quantitative estimate of drug-likeness (QED) is 0.161. The third-order valence-corrected chi connectivity index (χ3v) is 17.8. The summed E-state index contributed by atoms with van der Waals surface area (Å²) in [6.07, 6.45) is 0. The van der Waals surface area contributed by atoms with Crippen LogP contribution in [0.1, 0.15) is 0 Å². The van der Waals surface area contributed by atoms with E-state index in [1.54, 1.807) is 0 Å². The van der Waals surface area contributed by atoms with Crippen LogP contribution in [0.4, 0.5) is 0 Å². The number of fused-ring (bicyclic) bond motifs is 16. The summed E-state index contributed by atoms with van der Waals surface area (Å²) in [6, 6.07) is 103. The monoisotopic (exact) mass is 1040 g/mol. The van der Waals surface area contributed by atoms with E-state index in [1.165, 1.54) is 115 Å². The van der Waals surface area contributed by atoms with Gasteiger partial charge in [-0.15, -0.1) is 0 Å². The van der Waals surface area contributed by atoms with Crippen molar-refractivity contribution in [3.8, 4) is 55.6 Å². The largest absolute Gasteiger partial charge is 0.455 e. The lowest BCUT2D eigenvalue weighted by molar-refractivity contribution is 0.672. The molecule has 0 aliphatic rings. The molecule has 2 nitrogen and oxygen atoms in total. The summed E-state index contributed by atoms with van der Waals surface area (Å²) in [6.45, 7) is 0. The molecule has 0 radical (unpaired) electrons. The van der Waals surface area contributed by atoms with Gasteiger partial charge in [-0.05, 0) is 150 Å². The highest BCUT2D eigenvalue weighted by Crippen LogP contribution is 2.52. The molecule has 2 heterocycles. The van der Waals surface area contributed by atoms with Crippen LogP contribution in [0, 0.1) is 0 Å². The van der Waals surface area contributed by atoms with Crippen molar-refractivity contribution < 1.29 is 8.83 Å². The second kappa shape index (κ2) is 17.3. The molecule has 378 valence electrons. The van der Waals surface area contributed by atoms with Crippen molar-refractivity contribution >= 4 is 130 Å². The van der Waals surface area contributed by atoms with Gasteiger partial charge in [0.15, 0.2) is 0 Å². The van der Waals surface area contributed by atoms with E-state index in [9.17, 15) is 0 Å². The van der Waals surface area contributed by atoms with E-state index in [2.05, 4.69) is 279 Å². The van der Waals surface area contributed by atoms with E-state index in [4.69, 9.17) is 8.83 Å². The Bertz CT molecular complexity index is 5660. The van der Waals surface area contributed by atoms with Gasteiger partial charge in [0.25, 0.3) is 0 Å². The van der Waals surface area contributed by atoms with Gasteiger partial charge in [-0.2, -0.15) is 0 Å². The van der Waals surface area contributed by atoms with Crippen LogP contribution in [-0.4, -0.2) is 0 Å². The molecular weight excluding hydrogens is 993 g/mol. The van der Waals surface area contributed by atoms with Gasteiger partial charge in [-0.25, -0.2) is 0 Å². The molecule has 0 saturated carbocycles. The van der Waals surface area contributed by atoms with Gasteiger partial charge in [0.2, 0.25) is 0 Å². The zero-order valence-corrected chi connectivity index (χ0v) is 44.4. The maximum Gasteiger partial charge on any atom is 0.143 e. The van der Waals surface area contributed by atoms with Crippen LogP contribution in [0.2, 0.25) is 0 Å². The Kier molecular flexibility index (Phi) is 9.54. The van der Waals surface area contributed by atoms with Crippen LogP contribution in [0.25, 0.3) is 186 Å². The highest BCUT2D eigenvalue weighted by atomic mass is 16.3. The van der Waals surface area contributed by atoms with E-state index < -0.39 is 0 Å². The summed E-state index contributed by atoms with van der Waals surface area (Å²) in [7, 11) is 0. The molecule has 0 unspecified atom stereocenters. The normalized spacial score (nSPS) is 12.1. The SMILES string of the molecule is c1ccc2cc(-c3c4ccccc4c(-c4cc5c6cccc(-c7cccc8c(-c9c%10ccccc%10c(-c%10cc%11c%12ccccc%12oc%11c%11ccccc%10%11)c%10ccccc9%10)cccc78)c6oc5c5ccccc45)c4ccccc34)ccc2c1. The molecule has 0 bridgehead atoms. The summed E-state index contributed by atoms with van der Waals surface area (Å²) in [4.78, 5) is 0. The zero-order chi connectivity index (χ0) is 53.6. The summed E-state index contributed by atoms with van der Waals surface area (Å²) < 4.78 is 13.9. The average molecular weight is 1040 g/mol. The summed E-state index contributed by atoms with van der Waals surface area (Å²) in [5.74, 6) is 0. The van der Waals surface area contributed by atoms with Crippen molar-refractivity contribution in [1.82, 2.24) is 0 Å². The molecule has 16 aromatic carbocycles. The van der Waals surface area contributed by atoms with Crippen molar-refractivity contribution in [2.45, 2.75) is 0 Å². The van der Waals surface area contributed by atoms with Crippen molar-refractivity contribution in [1.29, 1.82) is 0 Å². The number of rotatable bonds is 5. The van der Waals surface area contributed by atoms with Crippen molar-refractivity contribution in [2.75, 3.05) is 0 Å². The fourth-order valence-corrected chi connectivity index (χ4v) is 14.3. The molecule has 2 aromatic heterocycles. The lowest BCUT2D eigenvalue weighted by Gasteiger charge is -2.20. The number of benzene rings is 16. The third-order valence-electron chi connectivity index (χ3n) is 17.8. The summed E-state index contributed by atoms with van der Waals surface area (Å²) in [5.41, 5.74) is 15.5. The molecule has 18 rings (SSSR count). The fraction of sp³-hybridized carbons (Fsp3) is 0. The predicted octanol–water partition coefficient (Wildman–Crippen LogP) is 23.0. The second-order valence-electron chi connectivity index (χ2n) is 22.0. The molecule has 0 fully saturated rings. The average Bonchev–Trinajstić information content (AvgIpc) is 1.96. The van der Waals surface area contributed by atoms with Crippen molar-refractivity contribution in [3.63, 3.8) is 0 Å². The van der Waals surface area contributed by atoms with Crippen LogP contribution in [0.5, 0.6) is 0 Å². The first-order chi connectivity index (χ1) is 40.7. The van der Waals surface area contributed by atoms with Gasteiger partial charge < -0.3 is 8.83 Å². The minimum atomic E-state index is 0.883. The highest BCUT2D eigenvalue weighted by molar-refractivity contribution is 6.30. The Labute approximate surface area is 470 Å². The Balaban J connectivity index is 0.846. The predicted molar refractivity (Wildman–Crippen MR) is 348 cm³/mol. The van der Waals surface area contributed by atoms with Gasteiger partial charge in [-0.3, -0.25) is 0 Å². The Morgan fingerprint density at radius 2 is 0.524 bits per heavy atom. The first kappa shape index (κ1) is 45.1. The van der Waals surface area contributed by atoms with Crippen molar-refractivity contribution in [2.24, 2.45) is 0 Å². The smallest absolute Gasteiger partial charge is 0.143 e. The minimum absolute atomic E-state index is 0.883. The lowest BCUT2D eigenvalue weighted by atomic mass is 9.83. The molecule has 0 aliphatic heterocycles. The molecular formula is C80H46O2. The fourth-order valence-electron chi connectivity index (χ4n) is 14.3. The third kappa shape index (κ3) is 6.40. The topological polar surface area (TPSA) is 26.3 Å². The number of hydrogen-bond donors (Lipinski definition) is 0. The summed E-state index contributed by atoms with van der Waals surface area (Å²) in [5, 5.41) is 23.6. The minimum Gasteiger partial charge on any atom is -0.455 e. The van der Waals surface area contributed by atoms with Crippen LogP contribution >= 0.6 is 0 Å². The number of para-hydroxylation sites is 2. The molecule has 0 amide bonds. The Morgan fingerprint density at radius 1 is 0.171 bits per heavy atom. The molecule has 0 spiro atoms. The highest BCUT2D eigenvalue weighted by Gasteiger charge is 2.25. The Morgan fingerprint density at radius 3 is 1.09 bits per heavy atom. The molecule has 18 aromatic rings. The van der Waals surface area contributed by atoms with Gasteiger partial charge in [-0.1, -0.05) is 255 Å². The van der Waals surface area contributed by atoms with Gasteiger partial charge in [0.05, 0.1) is 0 Å². The molecule has 82 heavy (non-hydrogen) atoms. The zero-order valence-electron chi connectivity index (χ0n) is 44.4. The van der Waals surface area contributed by atoms with Gasteiger partial charge in [0, 0.05) is 37.9 Å². The van der Waals surface area contributed by atoms with E-state index in [-0.39, 0.29) is 0 Å². The molecule has 0 N–H and O–H groups in total. The maximum absolute atomic E-state index is 7.33. The van der Waals surface area contributed by atoms with Crippen molar-refractivity contribution in [3.05, 3.63) is 279 Å². The number of furan rings is 2. The second-order valence-corrected chi connectivity index (χ2v) is 22.0. The van der Waals surface area contributed by atoms with Gasteiger partial charge in [0.1, 0.15) is 22.3 Å². The van der Waals surface area contributed by atoms with E-state index in [1.807, 2.05) is 0 Å². The molecule has 0 saturated heterocycles. The maximum atomic E-state index is 7.33. The number of hydrogen-bond acceptors (Lipinski definition) is 2. The van der Waals surface area contributed by atoms with Crippen LogP contribution in [0.15, 0.2) is 288 Å². The van der Waals surface area contributed by atoms with Gasteiger partial charge >= 0.3 is 0 Å². The molecule has 0 aliphatic carbocycles. The van der Waals surface area contributed by atoms with Crippen LogP contribution in [0.3, 0.4) is 0 Å². The summed E-state index contributed by atoms with van der Waals surface area (Å²) >= 11 is 0. The standard InChI is InChI=1S/C80H46O2/c1-2-21-48-44-49(43-42-47(48)20-1)74-57-25-5-7-27-59(57)76(60-28-8-6-26-58(60)74)70-46-72-68-40-19-39-67(78(68)82-80(72)66-34-14-4-23-54(66)70)52-37-17-36-51-50(52)35-18-38-56(51)75-61-29-9-11-31-63(61)77(64-32-12-10-30-62(64)75)69-45-71-55-24-15-16-41-73(55)81-79(71)65-33-13-3-22-53(65)69/h1-46H. The van der Waals surface area contributed by atoms with E-state index in [0.717, 1.165) is 71.2 Å². The van der Waals surface area contributed by atoms with E-state index in [0.29, 0.717) is 0 Å². The molecule has 2 heteroatoms. The first-order valence-electron chi connectivity index (χ1n) is 28.3. The Hall–Kier alpha value is -10.8. The first-order valence-corrected chi connectivity index (χ1v) is 28.3. The molecule has 0 atom stereocenters. The lowest BCUT2D eigenvalue weighted by Crippen LogP contribution is -1.93. The van der Waals surface area contributed by atoms with E-state index >= 15 is 0 Å². The van der Waals surface area contributed by atoms with Crippen LogP contribution < -0.4 is 0 Å².